The predicted molar refractivity (Wildman–Crippen MR) is 101 cm³/mol. The molecule has 23 heavy (non-hydrogen) atoms. The molecular weight excluding hydrogens is 282 g/mol. The first-order chi connectivity index (χ1) is 10.9. The summed E-state index contributed by atoms with van der Waals surface area (Å²) < 4.78 is 0. The van der Waals surface area contributed by atoms with Crippen molar-refractivity contribution in [1.29, 1.82) is 0 Å². The number of rotatable bonds is 8. The summed E-state index contributed by atoms with van der Waals surface area (Å²) in [6, 6.07) is 6.47. The van der Waals surface area contributed by atoms with Gasteiger partial charge in [0.2, 0.25) is 0 Å². The van der Waals surface area contributed by atoms with E-state index in [2.05, 4.69) is 59.7 Å². The summed E-state index contributed by atoms with van der Waals surface area (Å²) >= 11 is 0. The molecule has 0 aliphatic rings. The molecule has 0 spiro atoms. The maximum atomic E-state index is 12.3. The van der Waals surface area contributed by atoms with Crippen molar-refractivity contribution in [3.63, 3.8) is 0 Å². The maximum Gasteiger partial charge on any atom is 0.141 e. The average Bonchev–Trinajstić information content (AvgIpc) is 2.53. The van der Waals surface area contributed by atoms with Crippen LogP contribution in [0.4, 0.5) is 5.69 Å². The highest BCUT2D eigenvalue weighted by atomic mass is 16.1. The Hall–Kier alpha value is -1.44. The molecule has 0 saturated carbocycles. The van der Waals surface area contributed by atoms with Crippen molar-refractivity contribution < 1.29 is 4.79 Å². The zero-order valence-electron chi connectivity index (χ0n) is 15.9. The number of carbonyl (C=O) groups excluding carboxylic acids is 1. The van der Waals surface area contributed by atoms with Gasteiger partial charge in [-0.2, -0.15) is 0 Å². The van der Waals surface area contributed by atoms with Crippen molar-refractivity contribution in [3.05, 3.63) is 29.3 Å². The van der Waals surface area contributed by atoms with Crippen molar-refractivity contribution in [2.45, 2.75) is 79.6 Å². The molecule has 1 aromatic rings. The van der Waals surface area contributed by atoms with Crippen LogP contribution in [-0.2, 0) is 4.79 Å². The minimum atomic E-state index is -0.0368. The van der Waals surface area contributed by atoms with Gasteiger partial charge in [0, 0.05) is 12.1 Å². The molecule has 0 aliphatic heterocycles. The lowest BCUT2D eigenvalue weighted by molar-refractivity contribution is -0.120. The van der Waals surface area contributed by atoms with Crippen LogP contribution >= 0.6 is 0 Å². The minimum absolute atomic E-state index is 0.0368. The molecule has 0 saturated heterocycles. The lowest BCUT2D eigenvalue weighted by Crippen LogP contribution is -2.22. The van der Waals surface area contributed by atoms with Gasteiger partial charge in [0.15, 0.2) is 0 Å². The average molecular weight is 316 g/mol. The van der Waals surface area contributed by atoms with E-state index in [1.807, 2.05) is 6.92 Å². The summed E-state index contributed by atoms with van der Waals surface area (Å²) in [5.74, 6) is 1.12. The van der Waals surface area contributed by atoms with E-state index >= 15 is 0 Å². The molecule has 128 valence electrons. The van der Waals surface area contributed by atoms with E-state index in [1.54, 1.807) is 0 Å². The number of benzene rings is 1. The molecule has 0 N–H and O–H groups in total. The highest BCUT2D eigenvalue weighted by Gasteiger charge is 2.21. The Morgan fingerprint density at radius 1 is 0.957 bits per heavy atom. The summed E-state index contributed by atoms with van der Waals surface area (Å²) in [4.78, 5) is 17.3. The van der Waals surface area contributed by atoms with Crippen LogP contribution in [0.25, 0.3) is 0 Å². The van der Waals surface area contributed by atoms with Crippen molar-refractivity contribution >= 4 is 17.2 Å². The lowest BCUT2D eigenvalue weighted by atomic mass is 9.90. The van der Waals surface area contributed by atoms with Crippen LogP contribution in [0.3, 0.4) is 0 Å². The molecule has 1 aromatic carbocycles. The van der Waals surface area contributed by atoms with Gasteiger partial charge < -0.3 is 0 Å². The van der Waals surface area contributed by atoms with Gasteiger partial charge in [-0.05, 0) is 35.8 Å². The fourth-order valence-corrected chi connectivity index (χ4v) is 3.08. The summed E-state index contributed by atoms with van der Waals surface area (Å²) in [5.41, 5.74) is 4.69. The molecule has 0 heterocycles. The van der Waals surface area contributed by atoms with Crippen molar-refractivity contribution in [2.24, 2.45) is 10.9 Å². The normalized spacial score (nSPS) is 13.7. The van der Waals surface area contributed by atoms with Crippen molar-refractivity contribution in [1.82, 2.24) is 0 Å². The molecule has 0 aromatic heterocycles. The molecule has 1 atom stereocenters. The molecule has 2 heteroatoms. The lowest BCUT2D eigenvalue weighted by Gasteiger charge is -2.20. The number of Topliss-reactive ketones (excluding diaryl/α,β-unsaturated/α-hetero) is 1. The summed E-state index contributed by atoms with van der Waals surface area (Å²) in [7, 11) is 0. The van der Waals surface area contributed by atoms with Gasteiger partial charge in [0.25, 0.3) is 0 Å². The van der Waals surface area contributed by atoms with Crippen LogP contribution in [0.1, 0.15) is 90.7 Å². The summed E-state index contributed by atoms with van der Waals surface area (Å²) in [6.45, 7) is 15.0. The highest BCUT2D eigenvalue weighted by Crippen LogP contribution is 2.35. The number of ketones is 1. The van der Waals surface area contributed by atoms with Crippen LogP contribution in [0.2, 0.25) is 0 Å². The third-order valence-corrected chi connectivity index (χ3v) is 4.51. The van der Waals surface area contributed by atoms with E-state index in [-0.39, 0.29) is 5.92 Å². The SMILES string of the molecule is CCC(=O)C(CC)/C(CC)=N\c1c(C(C)C)cccc1C(C)C. The van der Waals surface area contributed by atoms with E-state index < -0.39 is 0 Å². The zero-order valence-corrected chi connectivity index (χ0v) is 15.9. The number of hydrogen-bond acceptors (Lipinski definition) is 2. The van der Waals surface area contributed by atoms with E-state index in [0.29, 0.717) is 24.0 Å². The predicted octanol–water partition coefficient (Wildman–Crippen LogP) is 6.42. The van der Waals surface area contributed by atoms with Crippen molar-refractivity contribution in [3.8, 4) is 0 Å². The molecule has 0 amide bonds. The standard InChI is InChI=1S/C21H33NO/c1-8-16(20(23)10-3)19(9-2)22-21-17(14(4)5)12-11-13-18(21)15(6)7/h11-16H,8-10H2,1-7H3/b22-19-. The molecule has 0 fully saturated rings. The Kier molecular flexibility index (Phi) is 7.67. The Bertz CT molecular complexity index is 529. The monoisotopic (exact) mass is 315 g/mol. The van der Waals surface area contributed by atoms with Gasteiger partial charge in [0.05, 0.1) is 11.6 Å². The molecule has 0 radical (unpaired) electrons. The highest BCUT2D eigenvalue weighted by molar-refractivity contribution is 6.06. The molecule has 0 bridgehead atoms. The van der Waals surface area contributed by atoms with Gasteiger partial charge in [-0.15, -0.1) is 0 Å². The zero-order chi connectivity index (χ0) is 17.6. The third-order valence-electron chi connectivity index (χ3n) is 4.51. The molecule has 1 rings (SSSR count). The molecular formula is C21H33NO. The molecule has 1 unspecified atom stereocenters. The second kappa shape index (κ2) is 9.00. The fourth-order valence-electron chi connectivity index (χ4n) is 3.08. The van der Waals surface area contributed by atoms with Crippen LogP contribution < -0.4 is 0 Å². The smallest absolute Gasteiger partial charge is 0.141 e. The number of aliphatic imine (C=N–C) groups is 1. The van der Waals surface area contributed by atoms with E-state index in [9.17, 15) is 4.79 Å². The maximum absolute atomic E-state index is 12.3. The first kappa shape index (κ1) is 19.6. The number of nitrogens with zero attached hydrogens (tertiary/aromatic N) is 1. The van der Waals surface area contributed by atoms with Gasteiger partial charge >= 0.3 is 0 Å². The largest absolute Gasteiger partial charge is 0.299 e. The van der Waals surface area contributed by atoms with Gasteiger partial charge in [0.1, 0.15) is 5.78 Å². The Morgan fingerprint density at radius 2 is 1.48 bits per heavy atom. The van der Waals surface area contributed by atoms with Crippen LogP contribution in [0, 0.1) is 5.92 Å². The van der Waals surface area contributed by atoms with E-state index in [0.717, 1.165) is 24.2 Å². The first-order valence-electron chi connectivity index (χ1n) is 9.10. The number of para-hydroxylation sites is 1. The number of carbonyl (C=O) groups is 1. The van der Waals surface area contributed by atoms with Gasteiger partial charge in [-0.3, -0.25) is 9.79 Å². The summed E-state index contributed by atoms with van der Waals surface area (Å²) in [6.07, 6.45) is 2.24. The van der Waals surface area contributed by atoms with Crippen LogP contribution in [0.15, 0.2) is 23.2 Å². The summed E-state index contributed by atoms with van der Waals surface area (Å²) in [5, 5.41) is 0. The first-order valence-corrected chi connectivity index (χ1v) is 9.10. The van der Waals surface area contributed by atoms with E-state index in [4.69, 9.17) is 4.99 Å². The Morgan fingerprint density at radius 3 is 1.83 bits per heavy atom. The van der Waals surface area contributed by atoms with E-state index in [1.165, 1.54) is 11.1 Å². The molecule has 0 aliphatic carbocycles. The topological polar surface area (TPSA) is 29.4 Å². The second-order valence-electron chi connectivity index (χ2n) is 6.83. The van der Waals surface area contributed by atoms with Gasteiger partial charge in [-0.1, -0.05) is 66.7 Å². The number of hydrogen-bond donors (Lipinski definition) is 0. The second-order valence-corrected chi connectivity index (χ2v) is 6.83. The molecule has 2 nitrogen and oxygen atoms in total. The Labute approximate surface area is 142 Å². The van der Waals surface area contributed by atoms with Gasteiger partial charge in [-0.25, -0.2) is 0 Å². The van der Waals surface area contributed by atoms with Crippen LogP contribution in [-0.4, -0.2) is 11.5 Å². The quantitative estimate of drug-likeness (QED) is 0.509. The fraction of sp³-hybridized carbons (Fsp3) is 0.619. The van der Waals surface area contributed by atoms with Crippen LogP contribution in [0.5, 0.6) is 0 Å². The minimum Gasteiger partial charge on any atom is -0.299 e. The third kappa shape index (κ3) is 4.76. The van der Waals surface area contributed by atoms with Crippen molar-refractivity contribution in [2.75, 3.05) is 0 Å². The Balaban J connectivity index is 3.49.